The van der Waals surface area contributed by atoms with Gasteiger partial charge in [-0.3, -0.25) is 14.4 Å². The predicted molar refractivity (Wildman–Crippen MR) is 139 cm³/mol. The van der Waals surface area contributed by atoms with Gasteiger partial charge in [0, 0.05) is 37.0 Å². The number of amides is 3. The summed E-state index contributed by atoms with van der Waals surface area (Å²) in [6, 6.07) is -0.733. The third-order valence-corrected chi connectivity index (χ3v) is 9.51. The van der Waals surface area contributed by atoms with Gasteiger partial charge >= 0.3 is 0 Å². The minimum absolute atomic E-state index is 0.00388. The van der Waals surface area contributed by atoms with Gasteiger partial charge in [-0.2, -0.15) is 0 Å². The van der Waals surface area contributed by atoms with Crippen LogP contribution in [0.5, 0.6) is 0 Å². The fourth-order valence-corrected chi connectivity index (χ4v) is 8.95. The lowest BCUT2D eigenvalue weighted by atomic mass is 9.77. The topological polar surface area (TPSA) is 81.2 Å². The molecule has 1 unspecified atom stereocenters. The van der Waals surface area contributed by atoms with Crippen LogP contribution in [0.25, 0.3) is 0 Å². The molecule has 7 nitrogen and oxygen atoms in total. The van der Waals surface area contributed by atoms with Gasteiger partial charge in [0.25, 0.3) is 0 Å². The second-order valence-electron chi connectivity index (χ2n) is 12.2. The zero-order chi connectivity index (χ0) is 25.8. The molecule has 0 saturated carbocycles. The first-order chi connectivity index (χ1) is 16.4. The fourth-order valence-electron chi connectivity index (χ4n) is 6.95. The highest BCUT2D eigenvalue weighted by Gasteiger charge is 2.71. The molecular formula is C27H41N3O4S. The van der Waals surface area contributed by atoms with Crippen LogP contribution in [0, 0.1) is 17.3 Å². The average molecular weight is 504 g/mol. The molecule has 2 fully saturated rings. The number of hydrogen-bond acceptors (Lipinski definition) is 5. The molecular weight excluding hydrogens is 462 g/mol. The Morgan fingerprint density at radius 1 is 1.03 bits per heavy atom. The maximum atomic E-state index is 14.3. The first-order valence-electron chi connectivity index (χ1n) is 12.9. The second-order valence-corrected chi connectivity index (χ2v) is 13.7. The number of rotatable bonds is 6. The van der Waals surface area contributed by atoms with E-state index in [1.807, 2.05) is 35.0 Å². The van der Waals surface area contributed by atoms with Crippen molar-refractivity contribution in [3.8, 4) is 0 Å². The number of nitrogens with zero attached hydrogens (tertiary/aromatic N) is 3. The highest BCUT2D eigenvalue weighted by molar-refractivity contribution is 8.02. The van der Waals surface area contributed by atoms with Crippen LogP contribution in [0.3, 0.4) is 0 Å². The molecule has 0 aromatic carbocycles. The van der Waals surface area contributed by atoms with E-state index in [1.165, 1.54) is 0 Å². The summed E-state index contributed by atoms with van der Waals surface area (Å²) in [5.41, 5.74) is -0.399. The number of carbonyl (C=O) groups excluding carboxylic acids is 3. The van der Waals surface area contributed by atoms with Crippen molar-refractivity contribution in [3.05, 3.63) is 24.3 Å². The number of aliphatic hydroxyl groups is 1. The zero-order valence-corrected chi connectivity index (χ0v) is 22.8. The molecule has 0 aromatic rings. The minimum atomic E-state index is -0.819. The molecule has 3 amide bonds. The zero-order valence-electron chi connectivity index (χ0n) is 22.0. The Hall–Kier alpha value is -1.80. The molecule has 35 heavy (non-hydrogen) atoms. The maximum absolute atomic E-state index is 14.3. The van der Waals surface area contributed by atoms with Gasteiger partial charge < -0.3 is 19.8 Å². The molecule has 5 atom stereocenters. The maximum Gasteiger partial charge on any atom is 0.247 e. The van der Waals surface area contributed by atoms with Crippen molar-refractivity contribution in [2.24, 2.45) is 17.3 Å². The Labute approximate surface area is 214 Å². The highest BCUT2D eigenvalue weighted by atomic mass is 32.2. The summed E-state index contributed by atoms with van der Waals surface area (Å²) in [4.78, 5) is 47.3. The summed E-state index contributed by atoms with van der Waals surface area (Å²) >= 11 is 1.60. The van der Waals surface area contributed by atoms with Crippen molar-refractivity contribution in [1.29, 1.82) is 0 Å². The summed E-state index contributed by atoms with van der Waals surface area (Å²) in [7, 11) is 0. The van der Waals surface area contributed by atoms with Crippen LogP contribution in [0.2, 0.25) is 0 Å². The van der Waals surface area contributed by atoms with E-state index in [1.54, 1.807) is 16.7 Å². The SMILES string of the molecule is CCCN1CC=C[C@@H]2S[C@]34C=CCN(C(C)(C)CC(C)(C)C)C(=O)C3N(CCO)C(=O)[C@@H]4[C@@H]2C1=O. The van der Waals surface area contributed by atoms with Crippen molar-refractivity contribution >= 4 is 29.5 Å². The molecule has 4 aliphatic heterocycles. The molecule has 8 heteroatoms. The normalized spacial score (nSPS) is 33.1. The van der Waals surface area contributed by atoms with Crippen LogP contribution >= 0.6 is 11.8 Å². The Morgan fingerprint density at radius 2 is 1.74 bits per heavy atom. The number of thioether (sulfide) groups is 1. The standard InChI is InChI=1S/C27H41N3O4S/c1-7-12-28-13-8-10-18-19(22(28)32)20-23(33)29(15-16-31)21-24(34)30(14-9-11-27(20,21)35-18)26(5,6)17-25(2,3)4/h8-11,18-21,31H,7,12-17H2,1-6H3/t18-,19+,20-,21?,27-/m0/s1. The van der Waals surface area contributed by atoms with Crippen molar-refractivity contribution < 1.29 is 19.5 Å². The van der Waals surface area contributed by atoms with Crippen LogP contribution in [0.1, 0.15) is 54.4 Å². The van der Waals surface area contributed by atoms with Gasteiger partial charge in [0.05, 0.1) is 23.2 Å². The van der Waals surface area contributed by atoms with Gasteiger partial charge in [-0.05, 0) is 32.1 Å². The number of hydrogen-bond donors (Lipinski definition) is 1. The number of aliphatic hydroxyl groups excluding tert-OH is 1. The van der Waals surface area contributed by atoms with Crippen LogP contribution in [-0.4, -0.2) is 91.9 Å². The molecule has 4 rings (SSSR count). The number of likely N-dealkylation sites (tertiary alicyclic amines) is 1. The average Bonchev–Trinajstić information content (AvgIpc) is 3.04. The molecule has 1 N–H and O–H groups in total. The van der Waals surface area contributed by atoms with E-state index in [0.717, 1.165) is 12.8 Å². The summed E-state index contributed by atoms with van der Waals surface area (Å²) in [5.74, 6) is -1.38. The first kappa shape index (κ1) is 26.3. The number of β-amino-alcohol motifs (C(OH)–C–C–N with tert-alkyl or cyclic N) is 1. The largest absolute Gasteiger partial charge is 0.395 e. The van der Waals surface area contributed by atoms with E-state index in [-0.39, 0.29) is 41.5 Å². The predicted octanol–water partition coefficient (Wildman–Crippen LogP) is 2.70. The van der Waals surface area contributed by atoms with E-state index >= 15 is 0 Å². The number of fused-ring (bicyclic) bond motifs is 2. The molecule has 4 aliphatic rings. The first-order valence-corrected chi connectivity index (χ1v) is 13.8. The minimum Gasteiger partial charge on any atom is -0.395 e. The lowest BCUT2D eigenvalue weighted by molar-refractivity contribution is -0.147. The van der Waals surface area contributed by atoms with Crippen LogP contribution < -0.4 is 0 Å². The third-order valence-electron chi connectivity index (χ3n) is 7.77. The van der Waals surface area contributed by atoms with Crippen LogP contribution in [-0.2, 0) is 14.4 Å². The van der Waals surface area contributed by atoms with Crippen molar-refractivity contribution in [3.63, 3.8) is 0 Å². The lowest BCUT2D eigenvalue weighted by Gasteiger charge is -2.44. The van der Waals surface area contributed by atoms with E-state index in [9.17, 15) is 19.5 Å². The quantitative estimate of drug-likeness (QED) is 0.564. The van der Waals surface area contributed by atoms with E-state index in [4.69, 9.17) is 0 Å². The Kier molecular flexibility index (Phi) is 6.95. The number of carbonyl (C=O) groups is 3. The smallest absolute Gasteiger partial charge is 0.247 e. The van der Waals surface area contributed by atoms with Crippen molar-refractivity contribution in [1.82, 2.24) is 14.7 Å². The fraction of sp³-hybridized carbons (Fsp3) is 0.741. The van der Waals surface area contributed by atoms with Gasteiger partial charge in [0.1, 0.15) is 6.04 Å². The molecule has 4 heterocycles. The van der Waals surface area contributed by atoms with E-state index in [2.05, 4.69) is 40.7 Å². The summed E-state index contributed by atoms with van der Waals surface area (Å²) in [5, 5.41) is 9.69. The van der Waals surface area contributed by atoms with Crippen LogP contribution in [0.4, 0.5) is 0 Å². The van der Waals surface area contributed by atoms with Gasteiger partial charge in [-0.25, -0.2) is 0 Å². The van der Waals surface area contributed by atoms with Gasteiger partial charge in [0.15, 0.2) is 0 Å². The molecule has 0 bridgehead atoms. The third kappa shape index (κ3) is 4.35. The molecule has 2 saturated heterocycles. The molecule has 1 spiro atoms. The van der Waals surface area contributed by atoms with Gasteiger partial charge in [-0.1, -0.05) is 52.0 Å². The van der Waals surface area contributed by atoms with E-state index in [0.29, 0.717) is 19.6 Å². The van der Waals surface area contributed by atoms with Gasteiger partial charge in [0.2, 0.25) is 17.7 Å². The summed E-state index contributed by atoms with van der Waals surface area (Å²) < 4.78 is -0.819. The second kappa shape index (κ2) is 9.25. The summed E-state index contributed by atoms with van der Waals surface area (Å²) in [6.45, 7) is 14.3. The van der Waals surface area contributed by atoms with Gasteiger partial charge in [-0.15, -0.1) is 11.8 Å². The van der Waals surface area contributed by atoms with Crippen molar-refractivity contribution in [2.75, 3.05) is 32.8 Å². The Bertz CT molecular complexity index is 939. The molecule has 0 aromatic heterocycles. The lowest BCUT2D eigenvalue weighted by Crippen LogP contribution is -2.59. The Morgan fingerprint density at radius 3 is 2.37 bits per heavy atom. The molecule has 0 aliphatic carbocycles. The Balaban J connectivity index is 1.78. The van der Waals surface area contributed by atoms with Crippen molar-refractivity contribution in [2.45, 2.75) is 76.0 Å². The monoisotopic (exact) mass is 503 g/mol. The van der Waals surface area contributed by atoms with E-state index < -0.39 is 28.2 Å². The van der Waals surface area contributed by atoms with Crippen LogP contribution in [0.15, 0.2) is 24.3 Å². The molecule has 0 radical (unpaired) electrons. The summed E-state index contributed by atoms with van der Waals surface area (Å²) in [6.07, 6.45) is 9.84. The highest BCUT2D eigenvalue weighted by Crippen LogP contribution is 2.61. The molecule has 194 valence electrons.